The lowest BCUT2D eigenvalue weighted by molar-refractivity contribution is -0.138. The summed E-state index contributed by atoms with van der Waals surface area (Å²) in [5.41, 5.74) is 1.17. The van der Waals surface area contributed by atoms with Gasteiger partial charge in [-0.25, -0.2) is 0 Å². The van der Waals surface area contributed by atoms with Crippen molar-refractivity contribution in [1.82, 2.24) is 0 Å². The van der Waals surface area contributed by atoms with Gasteiger partial charge in [-0.05, 0) is 76.9 Å². The molecule has 1 N–H and O–H groups in total. The van der Waals surface area contributed by atoms with Gasteiger partial charge in [-0.15, -0.1) is 0 Å². The van der Waals surface area contributed by atoms with Gasteiger partial charge < -0.3 is 14.7 Å². The lowest BCUT2D eigenvalue weighted by atomic mass is 9.82. The average Bonchev–Trinajstić information content (AvgIpc) is 3.13. The van der Waals surface area contributed by atoms with Crippen molar-refractivity contribution in [3.63, 3.8) is 0 Å². The normalized spacial score (nSPS) is 12.2. The molecule has 53 heavy (non-hydrogen) atoms. The maximum atomic E-state index is 14.5. The summed E-state index contributed by atoms with van der Waals surface area (Å²) < 4.78 is 87.9. The SMILES string of the molecule is CN(C(=O)c1cc(-c2ccc(C(F)(F)F)cc2)c2c3c(c(-c4ccc(C(F)(F)F)cc4)cc(C=O)c13)-c1ccccc1O2)c1ccc(CC(=O)O)cc1. The molecule has 0 bridgehead atoms. The second-order valence-corrected chi connectivity index (χ2v) is 12.4. The molecule has 6 aromatic carbocycles. The van der Waals surface area contributed by atoms with Crippen LogP contribution in [0, 0.1) is 0 Å². The molecule has 266 valence electrons. The molecule has 1 heterocycles. The third-order valence-corrected chi connectivity index (χ3v) is 9.14. The van der Waals surface area contributed by atoms with Crippen LogP contribution in [0.15, 0.2) is 109 Å². The number of nitrogens with zero attached hydrogens (tertiary/aromatic N) is 1. The molecule has 12 heteroatoms. The van der Waals surface area contributed by atoms with Gasteiger partial charge in [-0.2, -0.15) is 26.3 Å². The van der Waals surface area contributed by atoms with E-state index in [1.165, 1.54) is 48.3 Å². The first kappa shape index (κ1) is 35.0. The Hall–Kier alpha value is -6.43. The van der Waals surface area contributed by atoms with Crippen LogP contribution >= 0.6 is 0 Å². The molecule has 7 rings (SSSR count). The number of hydrogen-bond acceptors (Lipinski definition) is 4. The maximum Gasteiger partial charge on any atom is 0.416 e. The molecule has 0 aliphatic carbocycles. The minimum atomic E-state index is -4.63. The minimum Gasteiger partial charge on any atom is -0.481 e. The van der Waals surface area contributed by atoms with Gasteiger partial charge in [0.1, 0.15) is 11.5 Å². The van der Waals surface area contributed by atoms with E-state index in [9.17, 15) is 45.8 Å². The van der Waals surface area contributed by atoms with Crippen LogP contribution in [0.25, 0.3) is 44.2 Å². The second kappa shape index (κ2) is 13.0. The quantitative estimate of drug-likeness (QED) is 0.131. The Bertz CT molecular complexity index is 2440. The number of carbonyl (C=O) groups excluding carboxylic acids is 2. The Labute approximate surface area is 297 Å². The molecule has 0 atom stereocenters. The summed E-state index contributed by atoms with van der Waals surface area (Å²) in [7, 11) is 1.47. The first-order valence-electron chi connectivity index (χ1n) is 16.0. The number of halogens is 6. The molecule has 0 radical (unpaired) electrons. The highest BCUT2D eigenvalue weighted by molar-refractivity contribution is 6.25. The number of rotatable bonds is 7. The molecule has 0 spiro atoms. The highest BCUT2D eigenvalue weighted by atomic mass is 19.4. The third kappa shape index (κ3) is 6.37. The number of alkyl halides is 6. The van der Waals surface area contributed by atoms with Crippen molar-refractivity contribution in [2.24, 2.45) is 0 Å². The van der Waals surface area contributed by atoms with E-state index >= 15 is 0 Å². The Morgan fingerprint density at radius 3 is 1.83 bits per heavy atom. The van der Waals surface area contributed by atoms with Crippen LogP contribution in [-0.2, 0) is 23.6 Å². The fraction of sp³-hybridized carbons (Fsp3) is 0.0976. The van der Waals surface area contributed by atoms with Gasteiger partial charge in [0.2, 0.25) is 0 Å². The summed E-state index contributed by atoms with van der Waals surface area (Å²) in [5.74, 6) is -1.20. The number of para-hydroxylation sites is 1. The number of hydrogen-bond donors (Lipinski definition) is 1. The van der Waals surface area contributed by atoms with E-state index in [0.29, 0.717) is 45.5 Å². The molecule has 0 saturated carbocycles. The number of carboxylic acid groups (broad SMARTS) is 1. The largest absolute Gasteiger partial charge is 0.481 e. The van der Waals surface area contributed by atoms with Gasteiger partial charge in [0.15, 0.2) is 6.29 Å². The van der Waals surface area contributed by atoms with Crippen LogP contribution in [0.3, 0.4) is 0 Å². The number of carbonyl (C=O) groups is 3. The average molecular weight is 726 g/mol. The van der Waals surface area contributed by atoms with Crippen LogP contribution in [-0.4, -0.2) is 30.3 Å². The summed E-state index contributed by atoms with van der Waals surface area (Å²) in [5, 5.41) is 9.59. The summed E-state index contributed by atoms with van der Waals surface area (Å²) in [6.07, 6.45) is -8.95. The molecule has 0 aromatic heterocycles. The predicted octanol–water partition coefficient (Wildman–Crippen LogP) is 10.7. The van der Waals surface area contributed by atoms with E-state index < -0.39 is 35.4 Å². The zero-order valence-electron chi connectivity index (χ0n) is 27.5. The highest BCUT2D eigenvalue weighted by Gasteiger charge is 2.34. The monoisotopic (exact) mass is 725 g/mol. The number of carboxylic acids is 1. The molecule has 1 aliphatic rings. The van der Waals surface area contributed by atoms with Crippen molar-refractivity contribution in [2.45, 2.75) is 18.8 Å². The van der Waals surface area contributed by atoms with Crippen molar-refractivity contribution in [3.05, 3.63) is 137 Å². The summed E-state index contributed by atoms with van der Waals surface area (Å²) in [6, 6.07) is 24.6. The number of amides is 1. The van der Waals surface area contributed by atoms with Crippen molar-refractivity contribution in [1.29, 1.82) is 0 Å². The first-order chi connectivity index (χ1) is 25.2. The van der Waals surface area contributed by atoms with E-state index in [2.05, 4.69) is 0 Å². The zero-order chi connectivity index (χ0) is 37.8. The molecule has 0 unspecified atom stereocenters. The van der Waals surface area contributed by atoms with E-state index in [4.69, 9.17) is 4.74 Å². The number of benzene rings is 6. The van der Waals surface area contributed by atoms with Crippen molar-refractivity contribution >= 4 is 34.6 Å². The van der Waals surface area contributed by atoms with Gasteiger partial charge in [-0.3, -0.25) is 14.4 Å². The zero-order valence-corrected chi connectivity index (χ0v) is 27.5. The first-order valence-corrected chi connectivity index (χ1v) is 16.0. The second-order valence-electron chi connectivity index (χ2n) is 12.4. The third-order valence-electron chi connectivity index (χ3n) is 9.14. The highest BCUT2D eigenvalue weighted by Crippen LogP contribution is 2.55. The van der Waals surface area contributed by atoms with Crippen LogP contribution < -0.4 is 9.64 Å². The van der Waals surface area contributed by atoms with Crippen molar-refractivity contribution in [2.75, 3.05) is 11.9 Å². The van der Waals surface area contributed by atoms with Crippen molar-refractivity contribution in [3.8, 4) is 44.9 Å². The maximum absolute atomic E-state index is 14.5. The van der Waals surface area contributed by atoms with Gasteiger partial charge in [0.25, 0.3) is 5.91 Å². The minimum absolute atomic E-state index is 0.00963. The fourth-order valence-electron chi connectivity index (χ4n) is 6.59. The number of anilines is 1. The lowest BCUT2D eigenvalue weighted by Crippen LogP contribution is -2.27. The van der Waals surface area contributed by atoms with E-state index in [-0.39, 0.29) is 45.2 Å². The Morgan fingerprint density at radius 1 is 0.717 bits per heavy atom. The lowest BCUT2D eigenvalue weighted by Gasteiger charge is -2.29. The Morgan fingerprint density at radius 2 is 1.28 bits per heavy atom. The number of aldehydes is 1. The molecule has 0 saturated heterocycles. The molecule has 6 aromatic rings. The predicted molar refractivity (Wildman–Crippen MR) is 186 cm³/mol. The van der Waals surface area contributed by atoms with Crippen molar-refractivity contribution < 1.29 is 50.6 Å². The smallest absolute Gasteiger partial charge is 0.416 e. The topological polar surface area (TPSA) is 83.9 Å². The van der Waals surface area contributed by atoms with Gasteiger partial charge in [0, 0.05) is 51.3 Å². The Kier molecular flexibility index (Phi) is 8.56. The van der Waals surface area contributed by atoms with Gasteiger partial charge in [-0.1, -0.05) is 54.6 Å². The molecule has 1 amide bonds. The fourth-order valence-corrected chi connectivity index (χ4v) is 6.59. The molecule has 0 fully saturated rings. The summed E-state index contributed by atoms with van der Waals surface area (Å²) in [6.45, 7) is 0. The standard InChI is InChI=1S/C41H25F6NO5/c1-48(28-16-6-22(7-17-28)18-34(50)51)39(52)32-20-31(24-10-14-27(15-11-24)41(45,46)47)38-37-35(32)25(21-49)19-30(23-8-12-26(13-9-23)40(42,43)44)36(37)29-4-2-3-5-33(29)53-38/h2-17,19-21H,18H2,1H3,(H,50,51). The summed E-state index contributed by atoms with van der Waals surface area (Å²) >= 11 is 0. The van der Waals surface area contributed by atoms with Crippen LogP contribution in [0.4, 0.5) is 32.0 Å². The van der Waals surface area contributed by atoms with Crippen LogP contribution in [0.2, 0.25) is 0 Å². The molecular weight excluding hydrogens is 700 g/mol. The number of aliphatic carboxylic acids is 1. The number of fused-ring (bicyclic) bond motifs is 2. The van der Waals surface area contributed by atoms with E-state index in [1.54, 1.807) is 48.5 Å². The van der Waals surface area contributed by atoms with Crippen LogP contribution in [0.1, 0.15) is 37.4 Å². The molecule has 6 nitrogen and oxygen atoms in total. The van der Waals surface area contributed by atoms with E-state index in [1.807, 2.05) is 0 Å². The molecule has 1 aliphatic heterocycles. The van der Waals surface area contributed by atoms with Gasteiger partial charge >= 0.3 is 18.3 Å². The number of ether oxygens (including phenoxy) is 1. The van der Waals surface area contributed by atoms with E-state index in [0.717, 1.165) is 24.3 Å². The van der Waals surface area contributed by atoms with Crippen LogP contribution in [0.5, 0.6) is 11.5 Å². The summed E-state index contributed by atoms with van der Waals surface area (Å²) in [4.78, 5) is 40.0. The molecular formula is C41H25F6NO5. The Balaban J connectivity index is 1.54. The van der Waals surface area contributed by atoms with Gasteiger partial charge in [0.05, 0.1) is 17.5 Å².